The number of aromatic nitrogens is 3. The van der Waals surface area contributed by atoms with Gasteiger partial charge in [-0.05, 0) is 47.8 Å². The van der Waals surface area contributed by atoms with Crippen molar-refractivity contribution in [2.45, 2.75) is 51.9 Å². The van der Waals surface area contributed by atoms with E-state index in [-0.39, 0.29) is 5.41 Å². The maximum absolute atomic E-state index is 9.25. The Morgan fingerprint density at radius 3 is 2.77 bits per heavy atom. The first kappa shape index (κ1) is 21.0. The zero-order chi connectivity index (χ0) is 21.8. The number of aliphatic imine (C=N–C) groups is 1. The van der Waals surface area contributed by atoms with E-state index in [4.69, 9.17) is 0 Å². The van der Waals surface area contributed by atoms with Crippen molar-refractivity contribution in [2.24, 2.45) is 10.9 Å². The van der Waals surface area contributed by atoms with E-state index in [1.807, 2.05) is 18.5 Å². The molecule has 1 N–H and O–H groups in total. The number of nitriles is 1. The molecule has 31 heavy (non-hydrogen) atoms. The summed E-state index contributed by atoms with van der Waals surface area (Å²) in [5, 5.41) is 10.3. The molecule has 1 saturated heterocycles. The Morgan fingerprint density at radius 1 is 1.23 bits per heavy atom. The smallest absolute Gasteiger partial charge is 0.205 e. The number of H-pyrrole nitrogens is 1. The number of piperidine rings is 1. The van der Waals surface area contributed by atoms with E-state index < -0.39 is 0 Å². The molecule has 1 unspecified atom stereocenters. The molecule has 3 heterocycles. The van der Waals surface area contributed by atoms with Crippen molar-refractivity contribution in [1.82, 2.24) is 15.0 Å². The Balaban J connectivity index is 1.45. The Labute approximate surface area is 184 Å². The number of nitrogens with one attached hydrogen (secondary N) is 1. The average molecular weight is 415 g/mol. The first-order chi connectivity index (χ1) is 14.9. The third kappa shape index (κ3) is 4.93. The van der Waals surface area contributed by atoms with Gasteiger partial charge in [0.05, 0.1) is 5.39 Å². The second kappa shape index (κ2) is 8.89. The molecule has 0 aliphatic carbocycles. The quantitative estimate of drug-likeness (QED) is 0.469. The lowest BCUT2D eigenvalue weighted by Crippen LogP contribution is -2.37. The Hall–Kier alpha value is -3.20. The monoisotopic (exact) mass is 414 g/mol. The maximum atomic E-state index is 9.25. The number of benzene rings is 1. The minimum absolute atomic E-state index is 0.138. The highest BCUT2D eigenvalue weighted by molar-refractivity contribution is 5.88. The Bertz CT molecular complexity index is 1100. The Morgan fingerprint density at radius 2 is 2.03 bits per heavy atom. The molecular formula is C25H30N6. The fraction of sp³-hybridized carbons (Fsp3) is 0.440. The number of nitrogens with zero attached hydrogens (tertiary/aromatic N) is 5. The summed E-state index contributed by atoms with van der Waals surface area (Å²) in [4.78, 5) is 18.6. The standard InChI is InChI=1S/C25H30N6/c1-25(2,3)20-8-6-18(7-9-20)13-21(28-16-26)14-19-5-4-12-31(15-19)24-22-10-11-27-23(22)29-17-30-24/h6-11,17,19H,4-5,12-15H2,1-3H3,(H,27,29,30). The van der Waals surface area contributed by atoms with E-state index in [9.17, 15) is 5.26 Å². The molecule has 0 radical (unpaired) electrons. The molecule has 1 aliphatic heterocycles. The van der Waals surface area contributed by atoms with Gasteiger partial charge >= 0.3 is 0 Å². The van der Waals surface area contributed by atoms with Crippen LogP contribution in [0.4, 0.5) is 5.82 Å². The van der Waals surface area contributed by atoms with Crippen LogP contribution in [0.25, 0.3) is 11.0 Å². The van der Waals surface area contributed by atoms with Gasteiger partial charge in [0.25, 0.3) is 0 Å². The fourth-order valence-corrected chi connectivity index (χ4v) is 4.45. The van der Waals surface area contributed by atoms with Crippen LogP contribution in [-0.4, -0.2) is 33.8 Å². The third-order valence-electron chi connectivity index (χ3n) is 6.11. The van der Waals surface area contributed by atoms with Crippen LogP contribution in [0.5, 0.6) is 0 Å². The molecule has 1 fully saturated rings. The maximum Gasteiger partial charge on any atom is 0.205 e. The predicted octanol–water partition coefficient (Wildman–Crippen LogP) is 5.03. The van der Waals surface area contributed by atoms with Crippen LogP contribution >= 0.6 is 0 Å². The lowest BCUT2D eigenvalue weighted by molar-refractivity contribution is 0.424. The first-order valence-corrected chi connectivity index (χ1v) is 11.0. The highest BCUT2D eigenvalue weighted by atomic mass is 15.2. The number of anilines is 1. The lowest BCUT2D eigenvalue weighted by Gasteiger charge is -2.34. The Kier molecular flexibility index (Phi) is 6.03. The van der Waals surface area contributed by atoms with E-state index in [0.717, 1.165) is 61.3 Å². The van der Waals surface area contributed by atoms with E-state index >= 15 is 0 Å². The van der Waals surface area contributed by atoms with E-state index in [1.165, 1.54) is 11.1 Å². The van der Waals surface area contributed by atoms with Crippen LogP contribution in [0.15, 0.2) is 47.8 Å². The van der Waals surface area contributed by atoms with E-state index in [2.05, 4.69) is 69.9 Å². The summed E-state index contributed by atoms with van der Waals surface area (Å²) >= 11 is 0. The molecule has 0 spiro atoms. The average Bonchev–Trinajstić information content (AvgIpc) is 3.23. The summed E-state index contributed by atoms with van der Waals surface area (Å²) in [5.74, 6) is 1.45. The second-order valence-corrected chi connectivity index (χ2v) is 9.50. The van der Waals surface area contributed by atoms with Crippen LogP contribution in [0.3, 0.4) is 0 Å². The first-order valence-electron chi connectivity index (χ1n) is 11.0. The van der Waals surface area contributed by atoms with Crippen molar-refractivity contribution in [3.05, 3.63) is 54.0 Å². The van der Waals surface area contributed by atoms with Gasteiger partial charge in [-0.15, -0.1) is 0 Å². The number of aromatic amines is 1. The molecule has 1 aromatic carbocycles. The summed E-state index contributed by atoms with van der Waals surface area (Å²) in [5.41, 5.74) is 4.50. The van der Waals surface area contributed by atoms with Crippen molar-refractivity contribution < 1.29 is 0 Å². The molecule has 6 nitrogen and oxygen atoms in total. The highest BCUT2D eigenvalue weighted by Gasteiger charge is 2.24. The number of rotatable bonds is 5. The van der Waals surface area contributed by atoms with Gasteiger partial charge in [0.15, 0.2) is 0 Å². The molecule has 1 aliphatic rings. The minimum Gasteiger partial charge on any atom is -0.356 e. The van der Waals surface area contributed by atoms with Crippen LogP contribution in [0, 0.1) is 17.4 Å². The molecule has 160 valence electrons. The topological polar surface area (TPSA) is 81.0 Å². The molecule has 1 atom stereocenters. The zero-order valence-corrected chi connectivity index (χ0v) is 18.6. The van der Waals surface area contributed by atoms with Gasteiger partial charge in [-0.2, -0.15) is 10.3 Å². The summed E-state index contributed by atoms with van der Waals surface area (Å²) in [7, 11) is 0. The van der Waals surface area contributed by atoms with Gasteiger partial charge < -0.3 is 9.88 Å². The molecule has 4 rings (SSSR count). The molecule has 3 aromatic rings. The summed E-state index contributed by atoms with van der Waals surface area (Å²) in [6, 6.07) is 10.8. The van der Waals surface area contributed by atoms with Gasteiger partial charge in [0, 0.05) is 31.4 Å². The van der Waals surface area contributed by atoms with Crippen molar-refractivity contribution in [2.75, 3.05) is 18.0 Å². The number of hydrogen-bond acceptors (Lipinski definition) is 5. The summed E-state index contributed by atoms with van der Waals surface area (Å²) < 4.78 is 0. The van der Waals surface area contributed by atoms with Crippen molar-refractivity contribution in [1.29, 1.82) is 5.26 Å². The van der Waals surface area contributed by atoms with Gasteiger partial charge in [-0.3, -0.25) is 0 Å². The molecule has 0 bridgehead atoms. The van der Waals surface area contributed by atoms with Gasteiger partial charge in [0.2, 0.25) is 6.19 Å². The molecule has 0 amide bonds. The molecule has 6 heteroatoms. The second-order valence-electron chi connectivity index (χ2n) is 9.50. The molecule has 0 saturated carbocycles. The van der Waals surface area contributed by atoms with Crippen LogP contribution in [0.2, 0.25) is 0 Å². The van der Waals surface area contributed by atoms with E-state index in [0.29, 0.717) is 5.92 Å². The highest BCUT2D eigenvalue weighted by Crippen LogP contribution is 2.29. The van der Waals surface area contributed by atoms with Crippen LogP contribution in [0.1, 0.15) is 51.2 Å². The summed E-state index contributed by atoms with van der Waals surface area (Å²) in [6.07, 6.45) is 9.38. The van der Waals surface area contributed by atoms with Crippen molar-refractivity contribution >= 4 is 22.6 Å². The molecular weight excluding hydrogens is 384 g/mol. The van der Waals surface area contributed by atoms with Gasteiger partial charge in [0.1, 0.15) is 17.8 Å². The minimum atomic E-state index is 0.138. The largest absolute Gasteiger partial charge is 0.356 e. The van der Waals surface area contributed by atoms with Gasteiger partial charge in [-0.25, -0.2) is 9.97 Å². The lowest BCUT2D eigenvalue weighted by atomic mass is 9.86. The van der Waals surface area contributed by atoms with Crippen molar-refractivity contribution in [3.63, 3.8) is 0 Å². The molecule has 2 aromatic heterocycles. The van der Waals surface area contributed by atoms with E-state index in [1.54, 1.807) is 6.33 Å². The third-order valence-corrected chi connectivity index (χ3v) is 6.11. The predicted molar refractivity (Wildman–Crippen MR) is 125 cm³/mol. The zero-order valence-electron chi connectivity index (χ0n) is 18.6. The SMILES string of the molecule is CC(C)(C)c1ccc(CC(CC2CCCN(c3ncnc4[nH]ccc34)C2)=NC#N)cc1. The fourth-order valence-electron chi connectivity index (χ4n) is 4.45. The number of fused-ring (bicyclic) bond motifs is 1. The number of hydrogen-bond donors (Lipinski definition) is 1. The van der Waals surface area contributed by atoms with Crippen molar-refractivity contribution in [3.8, 4) is 6.19 Å². The normalized spacial score (nSPS) is 17.7. The van der Waals surface area contributed by atoms with Crippen LogP contribution in [-0.2, 0) is 11.8 Å². The van der Waals surface area contributed by atoms with Crippen LogP contribution < -0.4 is 4.90 Å². The summed E-state index contributed by atoms with van der Waals surface area (Å²) in [6.45, 7) is 8.58. The van der Waals surface area contributed by atoms with Gasteiger partial charge in [-0.1, -0.05) is 45.0 Å².